The SMILES string of the molecule is CCCCCCc1c(C)c2nc(-c3ccccc3)c(-c3ccccc3)nc2c2c(CCCCCC)c(C)c3nonc3c12. The molecule has 5 nitrogen and oxygen atoms in total. The first-order valence-electron chi connectivity index (χ1n) is 16.1. The fraction of sp³-hybridized carbons (Fsp3) is 0.368. The van der Waals surface area contributed by atoms with Crippen molar-refractivity contribution < 1.29 is 4.63 Å². The van der Waals surface area contributed by atoms with Crippen LogP contribution >= 0.6 is 0 Å². The fourth-order valence-electron chi connectivity index (χ4n) is 6.63. The Balaban J connectivity index is 1.73. The van der Waals surface area contributed by atoms with Crippen molar-refractivity contribution in [1.82, 2.24) is 20.3 Å². The Kier molecular flexibility index (Phi) is 8.78. The number of hydrogen-bond donors (Lipinski definition) is 0. The summed E-state index contributed by atoms with van der Waals surface area (Å²) in [6.45, 7) is 8.93. The minimum Gasteiger partial charge on any atom is -0.244 e. The van der Waals surface area contributed by atoms with Crippen LogP contribution in [0.2, 0.25) is 0 Å². The molecule has 6 rings (SSSR count). The summed E-state index contributed by atoms with van der Waals surface area (Å²) in [6.07, 6.45) is 11.5. The first-order valence-corrected chi connectivity index (χ1v) is 16.1. The van der Waals surface area contributed by atoms with E-state index < -0.39 is 0 Å². The molecule has 0 atom stereocenters. The van der Waals surface area contributed by atoms with E-state index >= 15 is 0 Å². The summed E-state index contributed by atoms with van der Waals surface area (Å²) < 4.78 is 5.44. The molecule has 43 heavy (non-hydrogen) atoms. The number of hydrogen-bond acceptors (Lipinski definition) is 5. The molecule has 5 heteroatoms. The lowest BCUT2D eigenvalue weighted by molar-refractivity contribution is 0.315. The van der Waals surface area contributed by atoms with E-state index in [1.54, 1.807) is 0 Å². The Hall–Kier alpha value is -4.12. The van der Waals surface area contributed by atoms with Crippen molar-refractivity contribution in [3.05, 3.63) is 82.9 Å². The second-order valence-electron chi connectivity index (χ2n) is 11.9. The van der Waals surface area contributed by atoms with Gasteiger partial charge < -0.3 is 0 Å². The zero-order valence-electron chi connectivity index (χ0n) is 26.0. The standard InChI is InChI=1S/C38H42N4O/c1-5-7-9-17-23-29-25(3)33-37(31-30(24-18-10-8-6-2)26(4)34-38(32(29)31)42-43-41-34)40-36(28-21-15-12-16-22-28)35(39-33)27-19-13-11-14-20-27/h11-16,19-22H,5-10,17-18,23-24H2,1-4H3. The van der Waals surface area contributed by atoms with Crippen LogP contribution in [0.3, 0.4) is 0 Å². The van der Waals surface area contributed by atoms with Crippen LogP contribution in [-0.2, 0) is 12.8 Å². The van der Waals surface area contributed by atoms with Crippen LogP contribution in [0.25, 0.3) is 55.4 Å². The Morgan fingerprint density at radius 3 is 1.51 bits per heavy atom. The van der Waals surface area contributed by atoms with E-state index in [2.05, 4.69) is 98.7 Å². The number of fused-ring (bicyclic) bond motifs is 5. The van der Waals surface area contributed by atoms with Crippen molar-refractivity contribution in [2.24, 2.45) is 0 Å². The van der Waals surface area contributed by atoms with Crippen molar-refractivity contribution in [2.75, 3.05) is 0 Å². The van der Waals surface area contributed by atoms with Crippen LogP contribution in [0.4, 0.5) is 0 Å². The lowest BCUT2D eigenvalue weighted by atomic mass is 9.86. The van der Waals surface area contributed by atoms with Gasteiger partial charge in [-0.25, -0.2) is 14.6 Å². The molecule has 6 aromatic rings. The van der Waals surface area contributed by atoms with Gasteiger partial charge in [0.2, 0.25) is 0 Å². The average Bonchev–Trinajstić information content (AvgIpc) is 3.54. The highest BCUT2D eigenvalue weighted by Crippen LogP contribution is 2.42. The molecule has 0 fully saturated rings. The molecule has 0 aliphatic rings. The van der Waals surface area contributed by atoms with Crippen LogP contribution < -0.4 is 0 Å². The first kappa shape index (κ1) is 29.0. The smallest absolute Gasteiger partial charge is 0.143 e. The van der Waals surface area contributed by atoms with Gasteiger partial charge in [-0.15, -0.1) is 0 Å². The third kappa shape index (κ3) is 5.53. The van der Waals surface area contributed by atoms with Crippen molar-refractivity contribution in [3.63, 3.8) is 0 Å². The molecule has 0 spiro atoms. The first-order chi connectivity index (χ1) is 21.1. The predicted molar refractivity (Wildman–Crippen MR) is 178 cm³/mol. The number of nitrogens with zero attached hydrogens (tertiary/aromatic N) is 4. The van der Waals surface area contributed by atoms with Crippen LogP contribution in [-0.4, -0.2) is 20.3 Å². The molecular formula is C38H42N4O. The molecule has 4 aromatic carbocycles. The number of aromatic nitrogens is 4. The Labute approximate surface area is 254 Å². The zero-order chi connectivity index (χ0) is 29.8. The van der Waals surface area contributed by atoms with E-state index in [4.69, 9.17) is 14.6 Å². The van der Waals surface area contributed by atoms with Gasteiger partial charge in [-0.2, -0.15) is 0 Å². The van der Waals surface area contributed by atoms with Crippen LogP contribution in [0, 0.1) is 13.8 Å². The minimum absolute atomic E-state index is 0.857. The average molecular weight is 571 g/mol. The largest absolute Gasteiger partial charge is 0.244 e. The molecule has 0 bridgehead atoms. The molecule has 0 aliphatic heterocycles. The van der Waals surface area contributed by atoms with Crippen molar-refractivity contribution in [3.8, 4) is 22.5 Å². The predicted octanol–water partition coefficient (Wildman–Crippen LogP) is 10.5. The summed E-state index contributed by atoms with van der Waals surface area (Å²) in [5.41, 5.74) is 12.6. The maximum Gasteiger partial charge on any atom is 0.143 e. The van der Waals surface area contributed by atoms with Crippen LogP contribution in [0.15, 0.2) is 65.3 Å². The van der Waals surface area contributed by atoms with Gasteiger partial charge in [0.15, 0.2) is 0 Å². The molecule has 2 heterocycles. The number of aryl methyl sites for hydroxylation is 4. The highest BCUT2D eigenvalue weighted by atomic mass is 16.6. The third-order valence-electron chi connectivity index (χ3n) is 8.98. The van der Waals surface area contributed by atoms with Crippen molar-refractivity contribution >= 4 is 32.8 Å². The Morgan fingerprint density at radius 2 is 0.977 bits per heavy atom. The number of unbranched alkanes of at least 4 members (excludes halogenated alkanes) is 6. The van der Waals surface area contributed by atoms with Gasteiger partial charge in [0, 0.05) is 21.9 Å². The highest BCUT2D eigenvalue weighted by Gasteiger charge is 2.25. The van der Waals surface area contributed by atoms with Gasteiger partial charge in [0.05, 0.1) is 22.4 Å². The molecule has 0 unspecified atom stereocenters. The zero-order valence-corrected chi connectivity index (χ0v) is 26.0. The second kappa shape index (κ2) is 13.0. The summed E-state index contributed by atoms with van der Waals surface area (Å²) in [6, 6.07) is 21.0. The van der Waals surface area contributed by atoms with Gasteiger partial charge in [0.25, 0.3) is 0 Å². The van der Waals surface area contributed by atoms with Crippen molar-refractivity contribution in [2.45, 2.75) is 91.9 Å². The molecule has 0 saturated carbocycles. The highest BCUT2D eigenvalue weighted by molar-refractivity contribution is 6.19. The molecule has 0 saturated heterocycles. The monoisotopic (exact) mass is 570 g/mol. The number of rotatable bonds is 12. The number of benzene rings is 4. The van der Waals surface area contributed by atoms with Crippen LogP contribution in [0.1, 0.15) is 87.5 Å². The van der Waals surface area contributed by atoms with E-state index in [-0.39, 0.29) is 0 Å². The Bertz CT molecular complexity index is 1850. The van der Waals surface area contributed by atoms with Gasteiger partial charge in [-0.3, -0.25) is 0 Å². The van der Waals surface area contributed by atoms with E-state index in [1.165, 1.54) is 60.6 Å². The molecular weight excluding hydrogens is 528 g/mol. The molecule has 220 valence electrons. The summed E-state index contributed by atoms with van der Waals surface area (Å²) in [7, 11) is 0. The van der Waals surface area contributed by atoms with Crippen molar-refractivity contribution in [1.29, 1.82) is 0 Å². The van der Waals surface area contributed by atoms with Gasteiger partial charge >= 0.3 is 0 Å². The van der Waals surface area contributed by atoms with E-state index in [9.17, 15) is 0 Å². The fourth-order valence-corrected chi connectivity index (χ4v) is 6.63. The quantitative estimate of drug-likeness (QED) is 0.108. The Morgan fingerprint density at radius 1 is 0.512 bits per heavy atom. The summed E-state index contributed by atoms with van der Waals surface area (Å²) in [5, 5.41) is 11.3. The van der Waals surface area contributed by atoms with Gasteiger partial charge in [-0.05, 0) is 72.1 Å². The summed E-state index contributed by atoms with van der Waals surface area (Å²) >= 11 is 0. The molecule has 0 radical (unpaired) electrons. The van der Waals surface area contributed by atoms with E-state index in [1.807, 2.05) is 0 Å². The van der Waals surface area contributed by atoms with Crippen LogP contribution in [0.5, 0.6) is 0 Å². The normalized spacial score (nSPS) is 11.7. The molecule has 0 amide bonds. The third-order valence-corrected chi connectivity index (χ3v) is 8.98. The van der Waals surface area contributed by atoms with Gasteiger partial charge in [-0.1, -0.05) is 113 Å². The summed E-state index contributed by atoms with van der Waals surface area (Å²) in [5.74, 6) is 0. The van der Waals surface area contributed by atoms with E-state index in [0.29, 0.717) is 0 Å². The second-order valence-corrected chi connectivity index (χ2v) is 11.9. The molecule has 0 N–H and O–H groups in total. The lowest BCUT2D eigenvalue weighted by Gasteiger charge is -2.20. The topological polar surface area (TPSA) is 64.7 Å². The molecule has 0 aliphatic carbocycles. The maximum absolute atomic E-state index is 5.56. The minimum atomic E-state index is 0.857. The summed E-state index contributed by atoms with van der Waals surface area (Å²) in [4.78, 5) is 11.1. The van der Waals surface area contributed by atoms with Gasteiger partial charge in [0.1, 0.15) is 11.0 Å². The molecule has 2 aromatic heterocycles. The lowest BCUT2D eigenvalue weighted by Crippen LogP contribution is -2.05. The maximum atomic E-state index is 5.56. The van der Waals surface area contributed by atoms with E-state index in [0.717, 1.165) is 81.2 Å².